The summed E-state index contributed by atoms with van der Waals surface area (Å²) in [6.45, 7) is 3.90. The van der Waals surface area contributed by atoms with Crippen molar-refractivity contribution in [1.29, 1.82) is 0 Å². The van der Waals surface area contributed by atoms with E-state index in [2.05, 4.69) is 10.6 Å². The predicted molar refractivity (Wildman–Crippen MR) is 96.3 cm³/mol. The van der Waals surface area contributed by atoms with Gasteiger partial charge in [0.1, 0.15) is 5.41 Å². The number of carbonyl (C=O) groups excluding carboxylic acids is 2. The Labute approximate surface area is 146 Å². The molecule has 3 rings (SSSR count). The van der Waals surface area contributed by atoms with Crippen molar-refractivity contribution in [3.8, 4) is 0 Å². The topological polar surface area (TPSA) is 58.2 Å². The summed E-state index contributed by atoms with van der Waals surface area (Å²) in [7, 11) is 0. The van der Waals surface area contributed by atoms with Gasteiger partial charge in [0, 0.05) is 16.4 Å². The van der Waals surface area contributed by atoms with Gasteiger partial charge < -0.3 is 10.6 Å². The maximum atomic E-state index is 12.7. The lowest BCUT2D eigenvalue weighted by Gasteiger charge is -2.17. The fourth-order valence-corrected chi connectivity index (χ4v) is 2.80. The molecule has 24 heavy (non-hydrogen) atoms. The van der Waals surface area contributed by atoms with Gasteiger partial charge in [-0.1, -0.05) is 29.8 Å². The van der Waals surface area contributed by atoms with Gasteiger partial charge in [-0.25, -0.2) is 0 Å². The van der Waals surface area contributed by atoms with Crippen molar-refractivity contribution in [2.24, 2.45) is 5.41 Å². The van der Waals surface area contributed by atoms with Crippen LogP contribution in [0.25, 0.3) is 0 Å². The van der Waals surface area contributed by atoms with Crippen LogP contribution in [0.2, 0.25) is 5.02 Å². The third-order valence-electron chi connectivity index (χ3n) is 4.34. The number of nitrogens with one attached hydrogen (secondary N) is 2. The van der Waals surface area contributed by atoms with Crippen molar-refractivity contribution in [3.63, 3.8) is 0 Å². The van der Waals surface area contributed by atoms with Crippen LogP contribution in [0.15, 0.2) is 42.5 Å². The molecule has 2 aromatic rings. The van der Waals surface area contributed by atoms with Gasteiger partial charge in [0.15, 0.2) is 0 Å². The molecule has 0 saturated heterocycles. The molecule has 0 aromatic heterocycles. The highest BCUT2D eigenvalue weighted by Crippen LogP contribution is 2.47. The van der Waals surface area contributed by atoms with Gasteiger partial charge in [0.25, 0.3) is 0 Å². The number of hydrogen-bond donors (Lipinski definition) is 2. The lowest BCUT2D eigenvalue weighted by atomic mass is 10.0. The van der Waals surface area contributed by atoms with Gasteiger partial charge >= 0.3 is 0 Å². The maximum absolute atomic E-state index is 12.7. The second kappa shape index (κ2) is 6.29. The van der Waals surface area contributed by atoms with E-state index in [4.69, 9.17) is 11.6 Å². The smallest absolute Gasteiger partial charge is 0.240 e. The zero-order valence-electron chi connectivity index (χ0n) is 13.7. The highest BCUT2D eigenvalue weighted by molar-refractivity contribution is 6.31. The molecular formula is C19H19ClN2O2. The highest BCUT2D eigenvalue weighted by atomic mass is 35.5. The quantitative estimate of drug-likeness (QED) is 0.813. The summed E-state index contributed by atoms with van der Waals surface area (Å²) in [6, 6.07) is 12.8. The Bertz CT molecular complexity index is 813. The van der Waals surface area contributed by atoms with Crippen molar-refractivity contribution in [2.45, 2.75) is 26.7 Å². The Morgan fingerprint density at radius 3 is 2.38 bits per heavy atom. The molecule has 1 saturated carbocycles. The average Bonchev–Trinajstić information content (AvgIpc) is 3.33. The summed E-state index contributed by atoms with van der Waals surface area (Å²) in [5.41, 5.74) is 2.39. The fourth-order valence-electron chi connectivity index (χ4n) is 2.61. The van der Waals surface area contributed by atoms with Crippen LogP contribution in [0.3, 0.4) is 0 Å². The minimum atomic E-state index is -0.988. The number of carbonyl (C=O) groups is 2. The largest absolute Gasteiger partial charge is 0.325 e. The SMILES string of the molecule is Cc1ccc(C)c(NC(=O)C2(C(=O)Nc3cccc(Cl)c3)CC2)c1. The minimum Gasteiger partial charge on any atom is -0.325 e. The van der Waals surface area contributed by atoms with Crippen molar-refractivity contribution in [2.75, 3.05) is 10.6 Å². The normalized spacial score (nSPS) is 14.8. The third kappa shape index (κ3) is 3.29. The van der Waals surface area contributed by atoms with E-state index in [0.29, 0.717) is 23.6 Å². The third-order valence-corrected chi connectivity index (χ3v) is 4.58. The molecular weight excluding hydrogens is 324 g/mol. The van der Waals surface area contributed by atoms with Gasteiger partial charge in [-0.05, 0) is 62.1 Å². The molecule has 2 aromatic carbocycles. The summed E-state index contributed by atoms with van der Waals surface area (Å²) >= 11 is 5.93. The number of amides is 2. The Kier molecular flexibility index (Phi) is 4.33. The Morgan fingerprint density at radius 2 is 1.71 bits per heavy atom. The molecule has 0 spiro atoms. The van der Waals surface area contributed by atoms with E-state index < -0.39 is 5.41 Å². The van der Waals surface area contributed by atoms with E-state index in [1.807, 2.05) is 32.0 Å². The zero-order chi connectivity index (χ0) is 17.3. The standard InChI is InChI=1S/C19H19ClN2O2/c1-12-6-7-13(2)16(10-12)22-18(24)19(8-9-19)17(23)21-15-5-3-4-14(20)11-15/h3-7,10-11H,8-9H2,1-2H3,(H,21,23)(H,22,24). The maximum Gasteiger partial charge on any atom is 0.240 e. The van der Waals surface area contributed by atoms with Crippen molar-refractivity contribution >= 4 is 34.8 Å². The van der Waals surface area contributed by atoms with Gasteiger partial charge in [0.2, 0.25) is 11.8 Å². The molecule has 0 aliphatic heterocycles. The molecule has 4 nitrogen and oxygen atoms in total. The molecule has 1 aliphatic carbocycles. The number of rotatable bonds is 4. The molecule has 124 valence electrons. The summed E-state index contributed by atoms with van der Waals surface area (Å²) in [5.74, 6) is -0.539. The van der Waals surface area contributed by atoms with E-state index in [1.54, 1.807) is 24.3 Å². The van der Waals surface area contributed by atoms with Crippen molar-refractivity contribution < 1.29 is 9.59 Å². The summed E-state index contributed by atoms with van der Waals surface area (Å²) in [4.78, 5) is 25.2. The Balaban J connectivity index is 1.74. The molecule has 2 amide bonds. The Hall–Kier alpha value is -2.33. The molecule has 0 bridgehead atoms. The highest BCUT2D eigenvalue weighted by Gasteiger charge is 2.56. The monoisotopic (exact) mass is 342 g/mol. The average molecular weight is 343 g/mol. The second-order valence-electron chi connectivity index (χ2n) is 6.32. The van der Waals surface area contributed by atoms with Crippen molar-refractivity contribution in [3.05, 3.63) is 58.6 Å². The van der Waals surface area contributed by atoms with Crippen LogP contribution >= 0.6 is 11.6 Å². The molecule has 1 fully saturated rings. The van der Waals surface area contributed by atoms with Crippen LogP contribution < -0.4 is 10.6 Å². The van der Waals surface area contributed by atoms with Crippen LogP contribution in [-0.4, -0.2) is 11.8 Å². The lowest BCUT2D eigenvalue weighted by Crippen LogP contribution is -2.35. The summed E-state index contributed by atoms with van der Waals surface area (Å²) in [6.07, 6.45) is 1.10. The molecule has 0 atom stereocenters. The zero-order valence-corrected chi connectivity index (χ0v) is 14.4. The molecule has 0 radical (unpaired) electrons. The number of benzene rings is 2. The van der Waals surface area contributed by atoms with Crippen LogP contribution in [0, 0.1) is 19.3 Å². The van der Waals surface area contributed by atoms with Gasteiger partial charge in [-0.15, -0.1) is 0 Å². The lowest BCUT2D eigenvalue weighted by molar-refractivity contribution is -0.131. The number of anilines is 2. The molecule has 5 heteroatoms. The van der Waals surface area contributed by atoms with Gasteiger partial charge in [-0.3, -0.25) is 9.59 Å². The van der Waals surface area contributed by atoms with E-state index in [1.165, 1.54) is 0 Å². The van der Waals surface area contributed by atoms with E-state index in [0.717, 1.165) is 16.8 Å². The number of aryl methyl sites for hydroxylation is 2. The number of hydrogen-bond acceptors (Lipinski definition) is 2. The predicted octanol–water partition coefficient (Wildman–Crippen LogP) is 4.31. The second-order valence-corrected chi connectivity index (χ2v) is 6.76. The number of halogens is 1. The van der Waals surface area contributed by atoms with Crippen LogP contribution in [0.1, 0.15) is 24.0 Å². The summed E-state index contributed by atoms with van der Waals surface area (Å²) in [5, 5.41) is 6.24. The van der Waals surface area contributed by atoms with Gasteiger partial charge in [-0.2, -0.15) is 0 Å². The molecule has 1 aliphatic rings. The molecule has 2 N–H and O–H groups in total. The van der Waals surface area contributed by atoms with Crippen LogP contribution in [0.5, 0.6) is 0 Å². The fraction of sp³-hybridized carbons (Fsp3) is 0.263. The van der Waals surface area contributed by atoms with Crippen LogP contribution in [0.4, 0.5) is 11.4 Å². The molecule has 0 unspecified atom stereocenters. The van der Waals surface area contributed by atoms with Gasteiger partial charge in [0.05, 0.1) is 0 Å². The summed E-state index contributed by atoms with van der Waals surface area (Å²) < 4.78 is 0. The van der Waals surface area contributed by atoms with E-state index in [-0.39, 0.29) is 11.8 Å². The first-order chi connectivity index (χ1) is 11.4. The van der Waals surface area contributed by atoms with Crippen LogP contribution in [-0.2, 0) is 9.59 Å². The minimum absolute atomic E-state index is 0.254. The first-order valence-electron chi connectivity index (χ1n) is 7.86. The van der Waals surface area contributed by atoms with Crippen molar-refractivity contribution in [1.82, 2.24) is 0 Å². The first kappa shape index (κ1) is 16.5. The van der Waals surface area contributed by atoms with E-state index >= 15 is 0 Å². The molecule has 0 heterocycles. The van der Waals surface area contributed by atoms with E-state index in [9.17, 15) is 9.59 Å². The Morgan fingerprint density at radius 1 is 1.00 bits per heavy atom. The first-order valence-corrected chi connectivity index (χ1v) is 8.24.